The van der Waals surface area contributed by atoms with E-state index in [0.717, 1.165) is 17.7 Å². The van der Waals surface area contributed by atoms with Crippen molar-refractivity contribution in [3.63, 3.8) is 0 Å². The van der Waals surface area contributed by atoms with E-state index < -0.39 is 17.7 Å². The maximum atomic E-state index is 13.8. The Morgan fingerprint density at radius 2 is 1.75 bits per heavy atom. The summed E-state index contributed by atoms with van der Waals surface area (Å²) in [6.07, 6.45) is 5.75. The minimum absolute atomic E-state index is 0.0242. The van der Waals surface area contributed by atoms with E-state index in [0.29, 0.717) is 0 Å². The summed E-state index contributed by atoms with van der Waals surface area (Å²) in [5.41, 5.74) is 7.39. The van der Waals surface area contributed by atoms with Crippen LogP contribution in [0.1, 0.15) is 46.2 Å². The van der Waals surface area contributed by atoms with Crippen molar-refractivity contribution < 1.29 is 8.78 Å². The number of halogens is 2. The molecule has 3 rings (SSSR count). The van der Waals surface area contributed by atoms with E-state index in [1.165, 1.54) is 47.9 Å². The average Bonchev–Trinajstić information content (AvgIpc) is 2.70. The molecule has 0 spiro atoms. The van der Waals surface area contributed by atoms with Gasteiger partial charge in [0.15, 0.2) is 0 Å². The van der Waals surface area contributed by atoms with Crippen LogP contribution in [-0.4, -0.2) is 0 Å². The molecule has 1 nitrogen and oxygen atoms in total. The molecular weight excluding hydrogens is 276 g/mol. The van der Waals surface area contributed by atoms with Gasteiger partial charge in [-0.15, -0.1) is 11.3 Å². The third-order valence-corrected chi connectivity index (χ3v) is 5.20. The smallest absolute Gasteiger partial charge is 0.131 e. The summed E-state index contributed by atoms with van der Waals surface area (Å²) in [7, 11) is 0. The second-order valence-electron chi connectivity index (χ2n) is 5.27. The molecular formula is C16H17F2NS. The van der Waals surface area contributed by atoms with Crippen molar-refractivity contribution in [3.05, 3.63) is 56.8 Å². The van der Waals surface area contributed by atoms with Gasteiger partial charge in [0.2, 0.25) is 0 Å². The Bertz CT molecular complexity index is 577. The van der Waals surface area contributed by atoms with Crippen LogP contribution in [0.4, 0.5) is 8.78 Å². The van der Waals surface area contributed by atoms with Crippen molar-refractivity contribution in [3.8, 4) is 0 Å². The number of thiophene rings is 1. The maximum absolute atomic E-state index is 13.8. The first-order valence-corrected chi connectivity index (χ1v) is 7.79. The quantitative estimate of drug-likeness (QED) is 0.819. The van der Waals surface area contributed by atoms with Crippen LogP contribution in [0.3, 0.4) is 0 Å². The molecule has 0 aliphatic heterocycles. The SMILES string of the molecule is NC(c1cc2c(s1)CCCCC2)c1c(F)cccc1F. The first-order valence-electron chi connectivity index (χ1n) is 6.98. The zero-order valence-corrected chi connectivity index (χ0v) is 12.0. The fraction of sp³-hybridized carbons (Fsp3) is 0.375. The lowest BCUT2D eigenvalue weighted by Gasteiger charge is -2.12. The summed E-state index contributed by atoms with van der Waals surface area (Å²) in [6, 6.07) is 5.22. The largest absolute Gasteiger partial charge is 0.319 e. The Balaban J connectivity index is 1.97. The number of aryl methyl sites for hydroxylation is 2. The molecule has 20 heavy (non-hydrogen) atoms. The molecule has 1 atom stereocenters. The topological polar surface area (TPSA) is 26.0 Å². The Morgan fingerprint density at radius 1 is 1.05 bits per heavy atom. The van der Waals surface area contributed by atoms with Crippen molar-refractivity contribution in [2.75, 3.05) is 0 Å². The van der Waals surface area contributed by atoms with Gasteiger partial charge in [-0.25, -0.2) is 8.78 Å². The number of hydrogen-bond donors (Lipinski definition) is 1. The first-order chi connectivity index (χ1) is 9.66. The van der Waals surface area contributed by atoms with E-state index in [1.807, 2.05) is 6.07 Å². The zero-order chi connectivity index (χ0) is 14.1. The van der Waals surface area contributed by atoms with Crippen LogP contribution in [0.2, 0.25) is 0 Å². The molecule has 0 fully saturated rings. The van der Waals surface area contributed by atoms with E-state index >= 15 is 0 Å². The van der Waals surface area contributed by atoms with Crippen molar-refractivity contribution >= 4 is 11.3 Å². The predicted molar refractivity (Wildman–Crippen MR) is 78.0 cm³/mol. The Morgan fingerprint density at radius 3 is 2.50 bits per heavy atom. The summed E-state index contributed by atoms with van der Waals surface area (Å²) in [5.74, 6) is -1.14. The van der Waals surface area contributed by atoms with Gasteiger partial charge in [0.25, 0.3) is 0 Å². The number of fused-ring (bicyclic) bond motifs is 1. The Hall–Kier alpha value is -1.26. The maximum Gasteiger partial charge on any atom is 0.131 e. The molecule has 1 aliphatic carbocycles. The highest BCUT2D eigenvalue weighted by atomic mass is 32.1. The van der Waals surface area contributed by atoms with Crippen LogP contribution < -0.4 is 5.73 Å². The summed E-state index contributed by atoms with van der Waals surface area (Å²) >= 11 is 1.61. The minimum Gasteiger partial charge on any atom is -0.319 e. The fourth-order valence-electron chi connectivity index (χ4n) is 2.79. The molecule has 106 valence electrons. The molecule has 2 N–H and O–H groups in total. The van der Waals surface area contributed by atoms with Crippen LogP contribution in [0, 0.1) is 11.6 Å². The number of benzene rings is 1. The lowest BCUT2D eigenvalue weighted by molar-refractivity contribution is 0.545. The van der Waals surface area contributed by atoms with Gasteiger partial charge in [-0.1, -0.05) is 12.5 Å². The molecule has 0 amide bonds. The average molecular weight is 293 g/mol. The molecule has 1 aromatic heterocycles. The van der Waals surface area contributed by atoms with Gasteiger partial charge >= 0.3 is 0 Å². The molecule has 2 aromatic rings. The molecule has 1 aliphatic rings. The Labute approximate surface area is 121 Å². The monoisotopic (exact) mass is 293 g/mol. The lowest BCUT2D eigenvalue weighted by Crippen LogP contribution is -2.14. The first kappa shape index (κ1) is 13.7. The van der Waals surface area contributed by atoms with Crippen LogP contribution in [-0.2, 0) is 12.8 Å². The van der Waals surface area contributed by atoms with Gasteiger partial charge in [0.05, 0.1) is 6.04 Å². The Kier molecular flexibility index (Phi) is 3.85. The number of rotatable bonds is 2. The van der Waals surface area contributed by atoms with Gasteiger partial charge in [0.1, 0.15) is 11.6 Å². The summed E-state index contributed by atoms with van der Waals surface area (Å²) in [5, 5.41) is 0. The highest BCUT2D eigenvalue weighted by molar-refractivity contribution is 7.12. The third-order valence-electron chi connectivity index (χ3n) is 3.88. The zero-order valence-electron chi connectivity index (χ0n) is 11.2. The van der Waals surface area contributed by atoms with Crippen molar-refractivity contribution in [1.82, 2.24) is 0 Å². The highest BCUT2D eigenvalue weighted by Gasteiger charge is 2.22. The van der Waals surface area contributed by atoms with Gasteiger partial charge in [-0.05, 0) is 49.4 Å². The second kappa shape index (κ2) is 5.62. The van der Waals surface area contributed by atoms with Crippen LogP contribution in [0.15, 0.2) is 24.3 Å². The highest BCUT2D eigenvalue weighted by Crippen LogP contribution is 2.35. The molecule has 0 saturated heterocycles. The van der Waals surface area contributed by atoms with Gasteiger partial charge in [-0.2, -0.15) is 0 Å². The van der Waals surface area contributed by atoms with Crippen LogP contribution in [0.25, 0.3) is 0 Å². The predicted octanol–water partition coefficient (Wildman–Crippen LogP) is 4.34. The van der Waals surface area contributed by atoms with Gasteiger partial charge in [0, 0.05) is 15.3 Å². The minimum atomic E-state index is -0.715. The van der Waals surface area contributed by atoms with Crippen LogP contribution >= 0.6 is 11.3 Å². The third kappa shape index (κ3) is 2.50. The molecule has 4 heteroatoms. The van der Waals surface area contributed by atoms with E-state index in [-0.39, 0.29) is 5.56 Å². The summed E-state index contributed by atoms with van der Waals surface area (Å²) < 4.78 is 27.6. The molecule has 1 heterocycles. The number of hydrogen-bond acceptors (Lipinski definition) is 2. The summed E-state index contributed by atoms with van der Waals surface area (Å²) in [6.45, 7) is 0. The van der Waals surface area contributed by atoms with E-state index in [2.05, 4.69) is 0 Å². The van der Waals surface area contributed by atoms with Gasteiger partial charge in [-0.3, -0.25) is 0 Å². The molecule has 1 unspecified atom stereocenters. The van der Waals surface area contributed by atoms with E-state index in [1.54, 1.807) is 11.3 Å². The van der Waals surface area contributed by atoms with Crippen molar-refractivity contribution in [1.29, 1.82) is 0 Å². The van der Waals surface area contributed by atoms with E-state index in [4.69, 9.17) is 5.73 Å². The lowest BCUT2D eigenvalue weighted by atomic mass is 10.0. The van der Waals surface area contributed by atoms with Gasteiger partial charge < -0.3 is 5.73 Å². The second-order valence-corrected chi connectivity index (χ2v) is 6.44. The molecule has 0 radical (unpaired) electrons. The standard InChI is InChI=1S/C16H17F2NS/c17-11-6-4-7-12(18)15(11)16(19)14-9-10-5-2-1-3-8-13(10)20-14/h4,6-7,9,16H,1-3,5,8,19H2. The molecule has 1 aromatic carbocycles. The summed E-state index contributed by atoms with van der Waals surface area (Å²) in [4.78, 5) is 2.20. The molecule has 0 saturated carbocycles. The fourth-order valence-corrected chi connectivity index (χ4v) is 4.06. The van der Waals surface area contributed by atoms with Crippen molar-refractivity contribution in [2.45, 2.75) is 38.1 Å². The van der Waals surface area contributed by atoms with Crippen molar-refractivity contribution in [2.24, 2.45) is 5.73 Å². The van der Waals surface area contributed by atoms with E-state index in [9.17, 15) is 8.78 Å². The molecule has 0 bridgehead atoms. The van der Waals surface area contributed by atoms with Crippen LogP contribution in [0.5, 0.6) is 0 Å². The normalized spacial score (nSPS) is 16.6. The number of nitrogens with two attached hydrogens (primary N) is 1.